The minimum Gasteiger partial charge on any atom is -0.446 e. The number of nitrogens with two attached hydrogens (primary N) is 1. The Hall–Kier alpha value is -1.56. The van der Waals surface area contributed by atoms with Crippen molar-refractivity contribution in [3.05, 3.63) is 51.7 Å². The smallest absolute Gasteiger partial charge is 0.273 e. The zero-order chi connectivity index (χ0) is 17.0. The Morgan fingerprint density at radius 2 is 2.17 bits per heavy atom. The Bertz CT molecular complexity index is 688. The van der Waals surface area contributed by atoms with E-state index in [9.17, 15) is 4.79 Å². The molecule has 7 heteroatoms. The number of carbonyl (C=O) groups excluding carboxylic acids is 1. The summed E-state index contributed by atoms with van der Waals surface area (Å²) >= 11 is 11.9. The van der Waals surface area contributed by atoms with Crippen LogP contribution in [0.2, 0.25) is 10.0 Å². The molecule has 0 radical (unpaired) electrons. The third-order valence-corrected chi connectivity index (χ3v) is 4.34. The highest BCUT2D eigenvalue weighted by Crippen LogP contribution is 2.22. The lowest BCUT2D eigenvalue weighted by Gasteiger charge is -2.13. The molecule has 1 aromatic heterocycles. The van der Waals surface area contributed by atoms with Gasteiger partial charge >= 0.3 is 0 Å². The molecule has 2 aromatic rings. The number of benzene rings is 1. The van der Waals surface area contributed by atoms with Crippen LogP contribution in [0.1, 0.15) is 48.3 Å². The minimum absolute atomic E-state index is 0.198. The zero-order valence-corrected chi connectivity index (χ0v) is 14.5. The molecule has 0 saturated heterocycles. The Morgan fingerprint density at radius 1 is 1.43 bits per heavy atom. The number of aromatic nitrogens is 1. The van der Waals surface area contributed by atoms with Crippen molar-refractivity contribution in [2.75, 3.05) is 0 Å². The van der Waals surface area contributed by atoms with E-state index in [-0.39, 0.29) is 30.1 Å². The Morgan fingerprint density at radius 3 is 2.83 bits per heavy atom. The zero-order valence-electron chi connectivity index (χ0n) is 13.0. The molecular weight excluding hydrogens is 337 g/mol. The summed E-state index contributed by atoms with van der Waals surface area (Å²) < 4.78 is 5.32. The molecule has 23 heavy (non-hydrogen) atoms. The molecule has 124 valence electrons. The van der Waals surface area contributed by atoms with Crippen LogP contribution in [0.4, 0.5) is 0 Å². The minimum atomic E-state index is -0.345. The molecule has 3 N–H and O–H groups in total. The molecule has 5 nitrogen and oxygen atoms in total. The number of hydrogen-bond donors (Lipinski definition) is 2. The lowest BCUT2D eigenvalue weighted by molar-refractivity contribution is 0.0946. The van der Waals surface area contributed by atoms with Gasteiger partial charge in [0.05, 0.1) is 6.04 Å². The maximum atomic E-state index is 12.1. The normalized spacial score (nSPS) is 13.6. The van der Waals surface area contributed by atoms with Crippen molar-refractivity contribution in [3.63, 3.8) is 0 Å². The van der Waals surface area contributed by atoms with Gasteiger partial charge in [-0.05, 0) is 23.6 Å². The first kappa shape index (κ1) is 17.8. The molecule has 2 unspecified atom stereocenters. The van der Waals surface area contributed by atoms with E-state index < -0.39 is 0 Å². The fourth-order valence-corrected chi connectivity index (χ4v) is 2.45. The van der Waals surface area contributed by atoms with Crippen molar-refractivity contribution in [1.29, 1.82) is 0 Å². The van der Waals surface area contributed by atoms with Gasteiger partial charge in [-0.2, -0.15) is 0 Å². The first-order valence-corrected chi connectivity index (χ1v) is 8.11. The molecule has 0 aliphatic rings. The van der Waals surface area contributed by atoms with Crippen LogP contribution in [-0.4, -0.2) is 10.9 Å². The SMILES string of the molecule is CCC(C)C(N)c1nc(C(=O)NCc2ccc(Cl)cc2Cl)co1. The summed E-state index contributed by atoms with van der Waals surface area (Å²) in [4.78, 5) is 16.3. The van der Waals surface area contributed by atoms with E-state index >= 15 is 0 Å². The van der Waals surface area contributed by atoms with Gasteiger partial charge < -0.3 is 15.5 Å². The summed E-state index contributed by atoms with van der Waals surface area (Å²) in [6.07, 6.45) is 2.22. The first-order valence-electron chi connectivity index (χ1n) is 7.35. The van der Waals surface area contributed by atoms with Gasteiger partial charge in [-0.1, -0.05) is 49.5 Å². The predicted octanol–water partition coefficient (Wildman–Crippen LogP) is 3.96. The molecule has 0 fully saturated rings. The first-order chi connectivity index (χ1) is 10.9. The van der Waals surface area contributed by atoms with Crippen molar-refractivity contribution >= 4 is 29.1 Å². The van der Waals surface area contributed by atoms with Crippen molar-refractivity contribution in [3.8, 4) is 0 Å². The molecule has 1 aromatic carbocycles. The molecular formula is C16H19Cl2N3O2. The van der Waals surface area contributed by atoms with Gasteiger partial charge in [-0.3, -0.25) is 4.79 Å². The third kappa shape index (κ3) is 4.47. The fourth-order valence-electron chi connectivity index (χ4n) is 1.97. The standard InChI is InChI=1S/C16H19Cl2N3O2/c1-3-9(2)14(19)16-21-13(8-23-16)15(22)20-7-10-4-5-11(17)6-12(10)18/h4-6,8-9,14H,3,7,19H2,1-2H3,(H,20,22). The summed E-state index contributed by atoms with van der Waals surface area (Å²) in [6.45, 7) is 4.32. The lowest BCUT2D eigenvalue weighted by atomic mass is 10.0. The average Bonchev–Trinajstić information content (AvgIpc) is 3.02. The van der Waals surface area contributed by atoms with Crippen LogP contribution >= 0.6 is 23.2 Å². The molecule has 0 spiro atoms. The van der Waals surface area contributed by atoms with E-state index in [1.165, 1.54) is 6.26 Å². The van der Waals surface area contributed by atoms with Crippen LogP contribution in [0.3, 0.4) is 0 Å². The predicted molar refractivity (Wildman–Crippen MR) is 90.5 cm³/mol. The maximum absolute atomic E-state index is 12.1. The van der Waals surface area contributed by atoms with E-state index in [0.29, 0.717) is 15.9 Å². The molecule has 2 rings (SSSR count). The van der Waals surface area contributed by atoms with Gasteiger partial charge in [-0.25, -0.2) is 4.98 Å². The molecule has 0 bridgehead atoms. The highest BCUT2D eigenvalue weighted by Gasteiger charge is 2.20. The van der Waals surface area contributed by atoms with E-state index in [0.717, 1.165) is 12.0 Å². The molecule has 1 amide bonds. The summed E-state index contributed by atoms with van der Waals surface area (Å²) in [5, 5.41) is 3.79. The number of nitrogens with zero attached hydrogens (tertiary/aromatic N) is 1. The Kier molecular flexibility index (Phi) is 6.04. The van der Waals surface area contributed by atoms with Gasteiger partial charge in [0.15, 0.2) is 5.69 Å². The number of carbonyl (C=O) groups is 1. The second-order valence-corrected chi connectivity index (χ2v) is 6.24. The summed E-state index contributed by atoms with van der Waals surface area (Å²) in [5.74, 6) is 0.244. The summed E-state index contributed by atoms with van der Waals surface area (Å²) in [5.41, 5.74) is 7.01. The van der Waals surface area contributed by atoms with Crippen LogP contribution < -0.4 is 11.1 Å². The quantitative estimate of drug-likeness (QED) is 0.821. The molecule has 0 saturated carbocycles. The van der Waals surface area contributed by atoms with Gasteiger partial charge in [0.2, 0.25) is 5.89 Å². The van der Waals surface area contributed by atoms with Crippen molar-refractivity contribution < 1.29 is 9.21 Å². The van der Waals surface area contributed by atoms with Crippen LogP contribution in [0, 0.1) is 5.92 Å². The van der Waals surface area contributed by atoms with Gasteiger partial charge in [0.1, 0.15) is 6.26 Å². The second-order valence-electron chi connectivity index (χ2n) is 5.40. The molecule has 2 atom stereocenters. The van der Waals surface area contributed by atoms with Gasteiger partial charge in [0.25, 0.3) is 5.91 Å². The maximum Gasteiger partial charge on any atom is 0.273 e. The number of halogens is 2. The highest BCUT2D eigenvalue weighted by molar-refractivity contribution is 6.35. The average molecular weight is 356 g/mol. The number of nitrogens with one attached hydrogen (secondary N) is 1. The topological polar surface area (TPSA) is 81.1 Å². The van der Waals surface area contributed by atoms with E-state index in [4.69, 9.17) is 33.4 Å². The largest absolute Gasteiger partial charge is 0.446 e. The number of amides is 1. The van der Waals surface area contributed by atoms with E-state index in [2.05, 4.69) is 10.3 Å². The summed E-state index contributed by atoms with van der Waals surface area (Å²) in [6, 6.07) is 4.78. The van der Waals surface area contributed by atoms with Crippen LogP contribution in [-0.2, 0) is 6.54 Å². The van der Waals surface area contributed by atoms with Gasteiger partial charge in [-0.15, -0.1) is 0 Å². The summed E-state index contributed by atoms with van der Waals surface area (Å²) in [7, 11) is 0. The van der Waals surface area contributed by atoms with E-state index in [1.54, 1.807) is 18.2 Å². The van der Waals surface area contributed by atoms with Gasteiger partial charge in [0, 0.05) is 16.6 Å². The number of rotatable bonds is 6. The highest BCUT2D eigenvalue weighted by atomic mass is 35.5. The molecule has 0 aliphatic heterocycles. The Labute approximate surface area is 145 Å². The van der Waals surface area contributed by atoms with E-state index in [1.807, 2.05) is 13.8 Å². The fraction of sp³-hybridized carbons (Fsp3) is 0.375. The van der Waals surface area contributed by atoms with Crippen LogP contribution in [0.15, 0.2) is 28.9 Å². The van der Waals surface area contributed by atoms with Crippen LogP contribution in [0.25, 0.3) is 0 Å². The molecule has 1 heterocycles. The van der Waals surface area contributed by atoms with Crippen molar-refractivity contribution in [1.82, 2.24) is 10.3 Å². The monoisotopic (exact) mass is 355 g/mol. The Balaban J connectivity index is 2.00. The number of hydrogen-bond acceptors (Lipinski definition) is 4. The second kappa shape index (κ2) is 7.81. The van der Waals surface area contributed by atoms with Crippen molar-refractivity contribution in [2.45, 2.75) is 32.9 Å². The third-order valence-electron chi connectivity index (χ3n) is 3.75. The molecule has 0 aliphatic carbocycles. The lowest BCUT2D eigenvalue weighted by Crippen LogP contribution is -2.24. The number of oxazole rings is 1. The van der Waals surface area contributed by atoms with Crippen LogP contribution in [0.5, 0.6) is 0 Å². The van der Waals surface area contributed by atoms with Crippen molar-refractivity contribution in [2.24, 2.45) is 11.7 Å².